The van der Waals surface area contributed by atoms with Crippen molar-refractivity contribution < 1.29 is 9.50 Å². The Morgan fingerprint density at radius 3 is 2.28 bits per heavy atom. The standard InChI is InChI=1S/C15H20BrFO/c1-10-8-11(16)9-12(13(10)17)15(18)6-4-14(2,3)5-7-15/h8-9,18H,4-7H2,1-3H3. The number of hydrogen-bond donors (Lipinski definition) is 1. The summed E-state index contributed by atoms with van der Waals surface area (Å²) in [6.07, 6.45) is 3.11. The van der Waals surface area contributed by atoms with Crippen LogP contribution in [0.4, 0.5) is 4.39 Å². The molecule has 1 aliphatic carbocycles. The highest BCUT2D eigenvalue weighted by Gasteiger charge is 2.39. The molecule has 1 nitrogen and oxygen atoms in total. The third-order valence-corrected chi connectivity index (χ3v) is 4.61. The van der Waals surface area contributed by atoms with Crippen LogP contribution >= 0.6 is 15.9 Å². The van der Waals surface area contributed by atoms with Gasteiger partial charge in [0.05, 0.1) is 5.60 Å². The van der Waals surface area contributed by atoms with Crippen molar-refractivity contribution in [2.45, 2.75) is 52.1 Å². The van der Waals surface area contributed by atoms with Crippen molar-refractivity contribution in [1.82, 2.24) is 0 Å². The fraction of sp³-hybridized carbons (Fsp3) is 0.600. The van der Waals surface area contributed by atoms with Crippen LogP contribution in [0.2, 0.25) is 0 Å². The summed E-state index contributed by atoms with van der Waals surface area (Å²) in [7, 11) is 0. The van der Waals surface area contributed by atoms with E-state index in [4.69, 9.17) is 0 Å². The van der Waals surface area contributed by atoms with Gasteiger partial charge in [-0.3, -0.25) is 0 Å². The molecule has 0 radical (unpaired) electrons. The first-order chi connectivity index (χ1) is 8.23. The Morgan fingerprint density at radius 2 is 1.72 bits per heavy atom. The highest BCUT2D eigenvalue weighted by molar-refractivity contribution is 9.10. The van der Waals surface area contributed by atoms with Crippen LogP contribution in [-0.2, 0) is 5.60 Å². The Bertz CT molecular complexity index is 458. The normalized spacial score (nSPS) is 21.9. The summed E-state index contributed by atoms with van der Waals surface area (Å²) >= 11 is 3.38. The van der Waals surface area contributed by atoms with E-state index in [1.807, 2.05) is 0 Å². The lowest BCUT2D eigenvalue weighted by atomic mass is 9.68. The zero-order chi connectivity index (χ0) is 13.6. The largest absolute Gasteiger partial charge is 0.385 e. The van der Waals surface area contributed by atoms with E-state index in [9.17, 15) is 9.50 Å². The second-order valence-corrected chi connectivity index (χ2v) is 7.20. The van der Waals surface area contributed by atoms with Crippen molar-refractivity contribution in [2.75, 3.05) is 0 Å². The van der Waals surface area contributed by atoms with Crippen molar-refractivity contribution in [2.24, 2.45) is 5.41 Å². The fourth-order valence-corrected chi connectivity index (χ4v) is 3.25. The van der Waals surface area contributed by atoms with Crippen molar-refractivity contribution >= 4 is 15.9 Å². The lowest BCUT2D eigenvalue weighted by molar-refractivity contribution is -0.0332. The minimum atomic E-state index is -1.01. The van der Waals surface area contributed by atoms with Crippen LogP contribution in [-0.4, -0.2) is 5.11 Å². The van der Waals surface area contributed by atoms with E-state index >= 15 is 0 Å². The van der Waals surface area contributed by atoms with E-state index in [-0.39, 0.29) is 11.2 Å². The molecule has 1 aromatic carbocycles. The molecule has 0 saturated heterocycles. The van der Waals surface area contributed by atoms with Gasteiger partial charge in [0.2, 0.25) is 0 Å². The molecule has 1 aliphatic rings. The minimum absolute atomic E-state index is 0.254. The van der Waals surface area contributed by atoms with Crippen molar-refractivity contribution in [1.29, 1.82) is 0 Å². The fourth-order valence-electron chi connectivity index (χ4n) is 2.67. The van der Waals surface area contributed by atoms with Crippen molar-refractivity contribution in [3.05, 3.63) is 33.5 Å². The number of halogens is 2. The summed E-state index contributed by atoms with van der Waals surface area (Å²) in [4.78, 5) is 0. The topological polar surface area (TPSA) is 20.2 Å². The number of benzene rings is 1. The first-order valence-electron chi connectivity index (χ1n) is 6.42. The molecule has 1 saturated carbocycles. The van der Waals surface area contributed by atoms with Gasteiger partial charge in [-0.05, 0) is 55.7 Å². The first kappa shape index (κ1) is 14.0. The van der Waals surface area contributed by atoms with Gasteiger partial charge in [0, 0.05) is 10.0 Å². The lowest BCUT2D eigenvalue weighted by Gasteiger charge is -2.40. The van der Waals surface area contributed by atoms with Crippen LogP contribution in [0.15, 0.2) is 16.6 Å². The predicted octanol–water partition coefficient (Wildman–Crippen LogP) is 4.68. The Hall–Kier alpha value is -0.410. The van der Waals surface area contributed by atoms with Gasteiger partial charge >= 0.3 is 0 Å². The van der Waals surface area contributed by atoms with E-state index in [0.29, 0.717) is 24.0 Å². The van der Waals surface area contributed by atoms with Crippen LogP contribution in [0.1, 0.15) is 50.7 Å². The molecular weight excluding hydrogens is 295 g/mol. The molecule has 1 N–H and O–H groups in total. The third kappa shape index (κ3) is 2.62. The molecule has 0 unspecified atom stereocenters. The maximum Gasteiger partial charge on any atom is 0.132 e. The van der Waals surface area contributed by atoms with E-state index in [1.165, 1.54) is 0 Å². The molecule has 3 heteroatoms. The molecule has 1 aromatic rings. The molecule has 1 fully saturated rings. The molecule has 0 aromatic heterocycles. The zero-order valence-electron chi connectivity index (χ0n) is 11.2. The van der Waals surface area contributed by atoms with Crippen LogP contribution in [0, 0.1) is 18.2 Å². The average molecular weight is 315 g/mol. The number of hydrogen-bond acceptors (Lipinski definition) is 1. The SMILES string of the molecule is Cc1cc(Br)cc(C2(O)CCC(C)(C)CC2)c1F. The molecular formula is C15H20BrFO. The maximum absolute atomic E-state index is 14.2. The molecule has 0 aliphatic heterocycles. The van der Waals surface area contributed by atoms with Gasteiger partial charge in [-0.1, -0.05) is 29.8 Å². The molecule has 0 heterocycles. The summed E-state index contributed by atoms with van der Waals surface area (Å²) in [5.41, 5.74) is 0.278. The molecule has 0 amide bonds. The van der Waals surface area contributed by atoms with Gasteiger partial charge in [-0.2, -0.15) is 0 Å². The third-order valence-electron chi connectivity index (χ3n) is 4.15. The van der Waals surface area contributed by atoms with Crippen LogP contribution in [0.5, 0.6) is 0 Å². The van der Waals surface area contributed by atoms with Gasteiger partial charge in [-0.15, -0.1) is 0 Å². The molecule has 0 spiro atoms. The highest BCUT2D eigenvalue weighted by Crippen LogP contribution is 2.46. The summed E-state index contributed by atoms with van der Waals surface area (Å²) in [6, 6.07) is 3.47. The van der Waals surface area contributed by atoms with E-state index in [0.717, 1.165) is 17.3 Å². The number of rotatable bonds is 1. The van der Waals surface area contributed by atoms with Gasteiger partial charge in [0.25, 0.3) is 0 Å². The quantitative estimate of drug-likeness (QED) is 0.797. The number of aliphatic hydroxyl groups is 1. The van der Waals surface area contributed by atoms with Gasteiger partial charge in [0.15, 0.2) is 0 Å². The van der Waals surface area contributed by atoms with Crippen molar-refractivity contribution in [3.63, 3.8) is 0 Å². The molecule has 18 heavy (non-hydrogen) atoms. The first-order valence-corrected chi connectivity index (χ1v) is 7.21. The molecule has 100 valence electrons. The van der Waals surface area contributed by atoms with E-state index < -0.39 is 5.60 Å². The molecule has 0 atom stereocenters. The van der Waals surface area contributed by atoms with E-state index in [1.54, 1.807) is 19.1 Å². The van der Waals surface area contributed by atoms with Crippen LogP contribution in [0.3, 0.4) is 0 Å². The minimum Gasteiger partial charge on any atom is -0.385 e. The molecule has 2 rings (SSSR count). The Kier molecular flexibility index (Phi) is 3.58. The Labute approximate surface area is 117 Å². The van der Waals surface area contributed by atoms with Crippen LogP contribution < -0.4 is 0 Å². The lowest BCUT2D eigenvalue weighted by Crippen LogP contribution is -2.35. The Balaban J connectivity index is 2.37. The highest BCUT2D eigenvalue weighted by atomic mass is 79.9. The number of aryl methyl sites for hydroxylation is 1. The predicted molar refractivity (Wildman–Crippen MR) is 75.0 cm³/mol. The summed E-state index contributed by atoms with van der Waals surface area (Å²) in [5, 5.41) is 10.7. The zero-order valence-corrected chi connectivity index (χ0v) is 12.8. The van der Waals surface area contributed by atoms with Crippen LogP contribution in [0.25, 0.3) is 0 Å². The second kappa shape index (κ2) is 4.61. The Morgan fingerprint density at radius 1 is 1.17 bits per heavy atom. The van der Waals surface area contributed by atoms with Gasteiger partial charge in [0.1, 0.15) is 5.82 Å². The molecule has 0 bridgehead atoms. The smallest absolute Gasteiger partial charge is 0.132 e. The van der Waals surface area contributed by atoms with E-state index in [2.05, 4.69) is 29.8 Å². The summed E-state index contributed by atoms with van der Waals surface area (Å²) in [5.74, 6) is -0.264. The average Bonchev–Trinajstić information content (AvgIpc) is 2.28. The second-order valence-electron chi connectivity index (χ2n) is 6.28. The monoisotopic (exact) mass is 314 g/mol. The summed E-state index contributed by atoms with van der Waals surface area (Å²) in [6.45, 7) is 6.14. The van der Waals surface area contributed by atoms with Gasteiger partial charge in [-0.25, -0.2) is 4.39 Å². The van der Waals surface area contributed by atoms with Gasteiger partial charge < -0.3 is 5.11 Å². The van der Waals surface area contributed by atoms with Crippen molar-refractivity contribution in [3.8, 4) is 0 Å². The summed E-state index contributed by atoms with van der Waals surface area (Å²) < 4.78 is 15.1. The maximum atomic E-state index is 14.2.